The molecule has 0 aliphatic carbocycles. The molecule has 1 aromatic carbocycles. The van der Waals surface area contributed by atoms with E-state index in [1.54, 1.807) is 18.9 Å². The summed E-state index contributed by atoms with van der Waals surface area (Å²) in [5.41, 5.74) is 3.41. The maximum absolute atomic E-state index is 13.6. The molecule has 0 amide bonds. The van der Waals surface area contributed by atoms with E-state index >= 15 is 0 Å². The summed E-state index contributed by atoms with van der Waals surface area (Å²) in [6.07, 6.45) is 2.78. The second-order valence-corrected chi connectivity index (χ2v) is 9.86. The van der Waals surface area contributed by atoms with Gasteiger partial charge in [0.2, 0.25) is 0 Å². The average Bonchev–Trinajstić information content (AvgIpc) is 3.00. The number of halogens is 1. The third kappa shape index (κ3) is 5.36. The van der Waals surface area contributed by atoms with Crippen LogP contribution in [0.1, 0.15) is 39.3 Å². The number of carbonyl (C=O) groups is 1. The number of aryl methyl sites for hydroxylation is 3. The number of carboxylic acids is 1. The lowest BCUT2D eigenvalue weighted by atomic mass is 10.1. The molecule has 0 aliphatic rings. The normalized spacial score (nSPS) is 11.5. The first-order chi connectivity index (χ1) is 15.9. The molecular weight excluding hydrogens is 461 g/mol. The Morgan fingerprint density at radius 2 is 1.94 bits per heavy atom. The van der Waals surface area contributed by atoms with Gasteiger partial charge >= 0.3 is 5.97 Å². The van der Waals surface area contributed by atoms with E-state index in [9.17, 15) is 22.7 Å². The third-order valence-electron chi connectivity index (χ3n) is 5.73. The highest BCUT2D eigenvalue weighted by molar-refractivity contribution is 7.92. The lowest BCUT2D eigenvalue weighted by Gasteiger charge is -2.21. The lowest BCUT2D eigenvalue weighted by Crippen LogP contribution is -2.23. The largest absolute Gasteiger partial charge is 0.478 e. The van der Waals surface area contributed by atoms with Gasteiger partial charge in [0.15, 0.2) is 0 Å². The van der Waals surface area contributed by atoms with Crippen LogP contribution in [0.2, 0.25) is 0 Å². The van der Waals surface area contributed by atoms with Crippen molar-refractivity contribution < 1.29 is 22.7 Å². The van der Waals surface area contributed by atoms with Crippen LogP contribution in [0, 0.1) is 26.6 Å². The lowest BCUT2D eigenvalue weighted by molar-refractivity contribution is 0.0697. The Labute approximate surface area is 198 Å². The Balaban J connectivity index is 1.78. The molecular formula is C23H28FN5O4S. The van der Waals surface area contributed by atoms with E-state index in [0.717, 1.165) is 30.3 Å². The molecule has 34 heavy (non-hydrogen) atoms. The number of aromatic carboxylic acids is 1. The van der Waals surface area contributed by atoms with Gasteiger partial charge in [0.25, 0.3) is 10.0 Å². The van der Waals surface area contributed by atoms with Gasteiger partial charge in [0, 0.05) is 26.3 Å². The van der Waals surface area contributed by atoms with Crippen LogP contribution < -0.4 is 9.62 Å². The van der Waals surface area contributed by atoms with Gasteiger partial charge in [-0.25, -0.2) is 22.6 Å². The topological polar surface area (TPSA) is 117 Å². The average molecular weight is 490 g/mol. The number of hydrogen-bond donors (Lipinski definition) is 2. The summed E-state index contributed by atoms with van der Waals surface area (Å²) in [5, 5.41) is 14.1. The SMILES string of the molecule is Cc1ccc(F)cc1S(=O)(=O)Nc1cnc(N(C)CCCc2c(C)nn(C)c2C)c(C(=O)O)c1. The highest BCUT2D eigenvalue weighted by Gasteiger charge is 2.21. The molecule has 2 heterocycles. The van der Waals surface area contributed by atoms with Crippen LogP contribution in [0.5, 0.6) is 0 Å². The quantitative estimate of drug-likeness (QED) is 0.473. The zero-order chi connectivity index (χ0) is 25.2. The number of nitrogens with zero attached hydrogens (tertiary/aromatic N) is 4. The highest BCUT2D eigenvalue weighted by atomic mass is 32.2. The van der Waals surface area contributed by atoms with Crippen molar-refractivity contribution in [2.75, 3.05) is 23.2 Å². The van der Waals surface area contributed by atoms with Crippen LogP contribution in [-0.2, 0) is 23.5 Å². The fourth-order valence-electron chi connectivity index (χ4n) is 3.83. The molecule has 3 aromatic rings. The van der Waals surface area contributed by atoms with Crippen LogP contribution in [0.25, 0.3) is 0 Å². The van der Waals surface area contributed by atoms with E-state index in [1.807, 2.05) is 25.6 Å². The van der Waals surface area contributed by atoms with E-state index in [4.69, 9.17) is 0 Å². The van der Waals surface area contributed by atoms with Gasteiger partial charge in [-0.2, -0.15) is 5.10 Å². The van der Waals surface area contributed by atoms with Gasteiger partial charge in [-0.3, -0.25) is 9.40 Å². The number of rotatable bonds is 9. The van der Waals surface area contributed by atoms with Crippen molar-refractivity contribution in [2.45, 2.75) is 38.5 Å². The molecule has 0 spiro atoms. The molecule has 0 radical (unpaired) electrons. The first-order valence-corrected chi connectivity index (χ1v) is 12.1. The first-order valence-electron chi connectivity index (χ1n) is 10.6. The molecule has 0 aliphatic heterocycles. The van der Waals surface area contributed by atoms with Gasteiger partial charge in [0.1, 0.15) is 17.2 Å². The number of carboxylic acid groups (broad SMARTS) is 1. The predicted molar refractivity (Wildman–Crippen MR) is 127 cm³/mol. The van der Waals surface area contributed by atoms with Gasteiger partial charge in [0.05, 0.1) is 22.5 Å². The molecule has 9 nitrogen and oxygen atoms in total. The summed E-state index contributed by atoms with van der Waals surface area (Å²) < 4.78 is 43.2. The Morgan fingerprint density at radius 1 is 1.24 bits per heavy atom. The van der Waals surface area contributed by atoms with E-state index in [-0.39, 0.29) is 22.0 Å². The number of aromatic nitrogens is 3. The minimum Gasteiger partial charge on any atom is -0.478 e. The van der Waals surface area contributed by atoms with Gasteiger partial charge < -0.3 is 10.0 Å². The molecule has 2 aromatic heterocycles. The van der Waals surface area contributed by atoms with Gasteiger partial charge in [-0.05, 0) is 62.9 Å². The zero-order valence-electron chi connectivity index (χ0n) is 19.8. The zero-order valence-corrected chi connectivity index (χ0v) is 20.6. The van der Waals surface area contributed by atoms with Crippen molar-refractivity contribution in [3.63, 3.8) is 0 Å². The molecule has 0 saturated carbocycles. The second kappa shape index (κ2) is 9.80. The standard InChI is InChI=1S/C23H28FN5O4S/c1-14-8-9-17(24)11-21(14)34(32,33)27-18-12-20(23(30)31)22(25-13-18)28(4)10-6-7-19-15(2)26-29(5)16(19)3/h8-9,11-13,27H,6-7,10H2,1-5H3,(H,30,31). The maximum atomic E-state index is 13.6. The minimum absolute atomic E-state index is 0.0279. The summed E-state index contributed by atoms with van der Waals surface area (Å²) in [6, 6.07) is 4.65. The van der Waals surface area contributed by atoms with Crippen LogP contribution in [0.3, 0.4) is 0 Å². The summed E-state index contributed by atoms with van der Waals surface area (Å²) in [4.78, 5) is 17.6. The van der Waals surface area contributed by atoms with Crippen LogP contribution in [-0.4, -0.2) is 47.9 Å². The van der Waals surface area contributed by atoms with Crippen molar-refractivity contribution in [2.24, 2.45) is 7.05 Å². The summed E-state index contributed by atoms with van der Waals surface area (Å²) in [6.45, 7) is 6.05. The Hall–Kier alpha value is -3.47. The van der Waals surface area contributed by atoms with Crippen molar-refractivity contribution in [1.82, 2.24) is 14.8 Å². The maximum Gasteiger partial charge on any atom is 0.339 e. The minimum atomic E-state index is -4.14. The van der Waals surface area contributed by atoms with E-state index in [2.05, 4.69) is 14.8 Å². The molecule has 3 rings (SSSR count). The molecule has 0 saturated heterocycles. The molecule has 0 atom stereocenters. The molecule has 11 heteroatoms. The van der Waals surface area contributed by atoms with Crippen LogP contribution in [0.15, 0.2) is 35.4 Å². The number of anilines is 2. The number of hydrogen-bond acceptors (Lipinski definition) is 6. The number of pyridine rings is 1. The van der Waals surface area contributed by atoms with Crippen molar-refractivity contribution in [1.29, 1.82) is 0 Å². The second-order valence-electron chi connectivity index (χ2n) is 8.21. The van der Waals surface area contributed by atoms with Crippen molar-refractivity contribution >= 4 is 27.5 Å². The van der Waals surface area contributed by atoms with Gasteiger partial charge in [-0.15, -0.1) is 0 Å². The van der Waals surface area contributed by atoms with Crippen LogP contribution >= 0.6 is 0 Å². The van der Waals surface area contributed by atoms with Gasteiger partial charge in [-0.1, -0.05) is 6.07 Å². The summed E-state index contributed by atoms with van der Waals surface area (Å²) >= 11 is 0. The fraction of sp³-hybridized carbons (Fsp3) is 0.348. The predicted octanol–water partition coefficient (Wildman–Crippen LogP) is 3.45. The van der Waals surface area contributed by atoms with Crippen molar-refractivity contribution in [3.05, 3.63) is 64.4 Å². The van der Waals surface area contributed by atoms with E-state index in [0.29, 0.717) is 12.1 Å². The van der Waals surface area contributed by atoms with E-state index < -0.39 is 21.8 Å². The number of benzene rings is 1. The Morgan fingerprint density at radius 3 is 2.56 bits per heavy atom. The fourth-order valence-corrected chi connectivity index (χ4v) is 5.12. The molecule has 182 valence electrons. The Kier molecular flexibility index (Phi) is 7.25. The highest BCUT2D eigenvalue weighted by Crippen LogP contribution is 2.25. The van der Waals surface area contributed by atoms with Crippen LogP contribution in [0.4, 0.5) is 15.9 Å². The smallest absolute Gasteiger partial charge is 0.339 e. The number of sulfonamides is 1. The molecule has 2 N–H and O–H groups in total. The molecule has 0 unspecified atom stereocenters. The monoisotopic (exact) mass is 489 g/mol. The Bertz CT molecular complexity index is 1340. The summed E-state index contributed by atoms with van der Waals surface area (Å²) in [7, 11) is -0.508. The molecule has 0 bridgehead atoms. The molecule has 0 fully saturated rings. The number of nitrogens with one attached hydrogen (secondary N) is 1. The first kappa shape index (κ1) is 25.2. The third-order valence-corrected chi connectivity index (χ3v) is 7.25. The van der Waals surface area contributed by atoms with E-state index in [1.165, 1.54) is 30.0 Å². The van der Waals surface area contributed by atoms with Crippen molar-refractivity contribution in [3.8, 4) is 0 Å². The summed E-state index contributed by atoms with van der Waals surface area (Å²) in [5.74, 6) is -1.71.